The third kappa shape index (κ3) is 1.34. The summed E-state index contributed by atoms with van der Waals surface area (Å²) in [5, 5.41) is 8.43. The Balaban J connectivity index is 2.60. The fourth-order valence-corrected chi connectivity index (χ4v) is 0.610. The van der Waals surface area contributed by atoms with Crippen LogP contribution in [0.2, 0.25) is 0 Å². The Kier molecular flexibility index (Phi) is 1.71. The smallest absolute Gasteiger partial charge is 0.412 e. The van der Waals surface area contributed by atoms with Crippen LogP contribution in [0.3, 0.4) is 0 Å². The van der Waals surface area contributed by atoms with E-state index in [0.717, 1.165) is 10.6 Å². The second-order valence-electron chi connectivity index (χ2n) is 2.01. The number of hydrogen-bond donors (Lipinski definition) is 1. The molecule has 0 fully saturated rings. The van der Waals surface area contributed by atoms with Crippen molar-refractivity contribution in [3.05, 3.63) is 12.3 Å². The van der Waals surface area contributed by atoms with Gasteiger partial charge in [0.05, 0.1) is 0 Å². The van der Waals surface area contributed by atoms with Crippen molar-refractivity contribution in [1.82, 2.24) is 4.90 Å². The number of carboxylic acid groups (broad SMARTS) is 1. The minimum atomic E-state index is -0.965. The summed E-state index contributed by atoms with van der Waals surface area (Å²) in [7, 11) is 0. The molecule has 10 heavy (non-hydrogen) atoms. The molecule has 0 saturated heterocycles. The van der Waals surface area contributed by atoms with E-state index >= 15 is 0 Å². The molecule has 0 spiro atoms. The van der Waals surface area contributed by atoms with Crippen molar-refractivity contribution in [2.75, 3.05) is 6.67 Å². The molecule has 0 aromatic heterocycles. The van der Waals surface area contributed by atoms with Crippen LogP contribution in [0.5, 0.6) is 0 Å². The van der Waals surface area contributed by atoms with E-state index in [2.05, 4.69) is 4.99 Å². The van der Waals surface area contributed by atoms with E-state index in [0.29, 0.717) is 0 Å². The molecule has 1 rings (SSSR count). The summed E-state index contributed by atoms with van der Waals surface area (Å²) in [6.45, 7) is 2.05. The van der Waals surface area contributed by atoms with E-state index in [1.807, 2.05) is 6.92 Å². The van der Waals surface area contributed by atoms with Crippen LogP contribution in [0.15, 0.2) is 17.3 Å². The van der Waals surface area contributed by atoms with Crippen LogP contribution in [0, 0.1) is 0 Å². The maximum absolute atomic E-state index is 10.3. The van der Waals surface area contributed by atoms with Gasteiger partial charge in [-0.15, -0.1) is 0 Å². The number of nitrogens with zero attached hydrogens (tertiary/aromatic N) is 2. The average molecular weight is 140 g/mol. The first-order valence-electron chi connectivity index (χ1n) is 2.89. The van der Waals surface area contributed by atoms with Gasteiger partial charge in [0.15, 0.2) is 0 Å². The van der Waals surface area contributed by atoms with E-state index in [4.69, 9.17) is 5.11 Å². The molecule has 0 saturated carbocycles. The molecular formula is C6H8N2O2. The Labute approximate surface area is 58.5 Å². The highest BCUT2D eigenvalue weighted by Crippen LogP contribution is 1.98. The largest absolute Gasteiger partial charge is 0.465 e. The second-order valence-corrected chi connectivity index (χ2v) is 2.01. The van der Waals surface area contributed by atoms with Crippen LogP contribution in [0.25, 0.3) is 0 Å². The van der Waals surface area contributed by atoms with Gasteiger partial charge in [0.1, 0.15) is 6.67 Å². The molecule has 1 aliphatic rings. The van der Waals surface area contributed by atoms with Gasteiger partial charge in [-0.1, -0.05) is 0 Å². The van der Waals surface area contributed by atoms with Crippen molar-refractivity contribution in [3.63, 3.8) is 0 Å². The Hall–Kier alpha value is -1.32. The van der Waals surface area contributed by atoms with Crippen LogP contribution in [-0.2, 0) is 0 Å². The number of amides is 1. The quantitative estimate of drug-likeness (QED) is 0.543. The third-order valence-electron chi connectivity index (χ3n) is 1.21. The van der Waals surface area contributed by atoms with Crippen molar-refractivity contribution in [3.8, 4) is 0 Å². The zero-order valence-corrected chi connectivity index (χ0v) is 5.61. The van der Waals surface area contributed by atoms with Gasteiger partial charge in [0.25, 0.3) is 0 Å². The van der Waals surface area contributed by atoms with Crippen LogP contribution >= 0.6 is 0 Å². The summed E-state index contributed by atoms with van der Waals surface area (Å²) < 4.78 is 0. The number of hydrogen-bond acceptors (Lipinski definition) is 2. The molecule has 0 atom stereocenters. The zero-order valence-electron chi connectivity index (χ0n) is 5.61. The summed E-state index contributed by atoms with van der Waals surface area (Å²) in [5.41, 5.74) is 0.859. The van der Waals surface area contributed by atoms with Gasteiger partial charge in [-0.25, -0.2) is 4.79 Å². The maximum Gasteiger partial charge on any atom is 0.412 e. The first-order chi connectivity index (χ1) is 4.70. The second kappa shape index (κ2) is 2.51. The van der Waals surface area contributed by atoms with Gasteiger partial charge in [0, 0.05) is 11.9 Å². The minimum absolute atomic E-state index is 0.220. The van der Waals surface area contributed by atoms with Crippen molar-refractivity contribution < 1.29 is 9.90 Å². The molecule has 1 aliphatic heterocycles. The topological polar surface area (TPSA) is 52.9 Å². The monoisotopic (exact) mass is 140 g/mol. The number of carbonyl (C=O) groups is 1. The molecule has 1 heterocycles. The molecule has 4 heteroatoms. The third-order valence-corrected chi connectivity index (χ3v) is 1.21. The molecule has 0 unspecified atom stereocenters. The van der Waals surface area contributed by atoms with Crippen molar-refractivity contribution in [2.45, 2.75) is 6.92 Å². The van der Waals surface area contributed by atoms with Gasteiger partial charge in [-0.05, 0) is 13.0 Å². The number of aliphatic imine (C=N–C) groups is 1. The summed E-state index contributed by atoms with van der Waals surface area (Å²) in [4.78, 5) is 15.3. The summed E-state index contributed by atoms with van der Waals surface area (Å²) in [6.07, 6.45) is 2.20. The summed E-state index contributed by atoms with van der Waals surface area (Å²) >= 11 is 0. The average Bonchev–Trinajstić information content (AvgIpc) is 1.88. The fraction of sp³-hybridized carbons (Fsp3) is 0.333. The Bertz CT molecular complexity index is 208. The van der Waals surface area contributed by atoms with Gasteiger partial charge in [-0.2, -0.15) is 0 Å². The first kappa shape index (κ1) is 6.80. The highest BCUT2D eigenvalue weighted by atomic mass is 16.4. The van der Waals surface area contributed by atoms with Crippen molar-refractivity contribution >= 4 is 11.8 Å². The lowest BCUT2D eigenvalue weighted by Crippen LogP contribution is -2.26. The predicted octanol–water partition coefficient (Wildman–Crippen LogP) is 0.912. The normalized spacial score (nSPS) is 16.9. The lowest BCUT2D eigenvalue weighted by atomic mass is 10.4. The molecular weight excluding hydrogens is 132 g/mol. The fourth-order valence-electron chi connectivity index (χ4n) is 0.610. The molecule has 0 radical (unpaired) electrons. The molecule has 0 bridgehead atoms. The molecule has 54 valence electrons. The predicted molar refractivity (Wildman–Crippen MR) is 37.0 cm³/mol. The van der Waals surface area contributed by atoms with E-state index in [1.54, 1.807) is 6.08 Å². The zero-order chi connectivity index (χ0) is 7.56. The lowest BCUT2D eigenvalue weighted by molar-refractivity contribution is 0.163. The lowest BCUT2D eigenvalue weighted by Gasteiger charge is -2.14. The van der Waals surface area contributed by atoms with Gasteiger partial charge in [0.2, 0.25) is 0 Å². The highest BCUT2D eigenvalue weighted by molar-refractivity contribution is 5.93. The standard InChI is InChI=1S/C6H8N2O2/c1-5-2-3-8(4-7-5)6(9)10/h2-3H,4H2,1H3,(H,9,10). The van der Waals surface area contributed by atoms with E-state index in [9.17, 15) is 4.79 Å². The molecule has 4 nitrogen and oxygen atoms in total. The van der Waals surface area contributed by atoms with E-state index < -0.39 is 6.09 Å². The molecule has 0 aromatic rings. The molecule has 1 amide bonds. The Morgan fingerprint density at radius 3 is 3.00 bits per heavy atom. The van der Waals surface area contributed by atoms with Gasteiger partial charge < -0.3 is 5.11 Å². The summed E-state index contributed by atoms with van der Waals surface area (Å²) in [6, 6.07) is 0. The van der Waals surface area contributed by atoms with E-state index in [1.165, 1.54) is 6.20 Å². The molecule has 0 aliphatic carbocycles. The van der Waals surface area contributed by atoms with E-state index in [-0.39, 0.29) is 6.67 Å². The molecule has 1 N–H and O–H groups in total. The van der Waals surface area contributed by atoms with Gasteiger partial charge >= 0.3 is 6.09 Å². The Morgan fingerprint density at radius 1 is 1.90 bits per heavy atom. The SMILES string of the molecule is CC1=NCN(C(=O)O)C=C1. The van der Waals surface area contributed by atoms with Crippen LogP contribution in [-0.4, -0.2) is 28.5 Å². The van der Waals surface area contributed by atoms with Crippen LogP contribution in [0.4, 0.5) is 4.79 Å². The highest BCUT2D eigenvalue weighted by Gasteiger charge is 2.08. The van der Waals surface area contributed by atoms with Crippen LogP contribution < -0.4 is 0 Å². The summed E-state index contributed by atoms with van der Waals surface area (Å²) in [5.74, 6) is 0. The number of rotatable bonds is 0. The molecule has 0 aromatic carbocycles. The minimum Gasteiger partial charge on any atom is -0.465 e. The first-order valence-corrected chi connectivity index (χ1v) is 2.89. The van der Waals surface area contributed by atoms with Gasteiger partial charge in [-0.3, -0.25) is 9.89 Å². The van der Waals surface area contributed by atoms with Crippen LogP contribution in [0.1, 0.15) is 6.92 Å². The number of allylic oxidation sites excluding steroid dienone is 1. The van der Waals surface area contributed by atoms with Crippen molar-refractivity contribution in [1.29, 1.82) is 0 Å². The Morgan fingerprint density at radius 2 is 2.60 bits per heavy atom. The van der Waals surface area contributed by atoms with Crippen molar-refractivity contribution in [2.24, 2.45) is 4.99 Å². The maximum atomic E-state index is 10.3.